The van der Waals surface area contributed by atoms with Gasteiger partial charge in [0.1, 0.15) is 5.82 Å². The van der Waals surface area contributed by atoms with E-state index in [1.165, 1.54) is 6.07 Å². The fourth-order valence-electron chi connectivity index (χ4n) is 3.56. The van der Waals surface area contributed by atoms with Crippen LogP contribution in [0.2, 0.25) is 0 Å². The Labute approximate surface area is 161 Å². The van der Waals surface area contributed by atoms with Gasteiger partial charge in [0.25, 0.3) is 5.91 Å². The summed E-state index contributed by atoms with van der Waals surface area (Å²) in [6.45, 7) is 0.945. The van der Waals surface area contributed by atoms with Gasteiger partial charge in [-0.3, -0.25) is 14.4 Å². The molecule has 0 radical (unpaired) electrons. The minimum atomic E-state index is -0.299. The molecule has 1 aliphatic heterocycles. The lowest BCUT2D eigenvalue weighted by Gasteiger charge is -2.31. The highest BCUT2D eigenvalue weighted by molar-refractivity contribution is 6.06. The summed E-state index contributed by atoms with van der Waals surface area (Å²) >= 11 is 0. The first-order valence-electron chi connectivity index (χ1n) is 9.25. The zero-order chi connectivity index (χ0) is 19.5. The van der Waals surface area contributed by atoms with E-state index in [1.807, 2.05) is 24.3 Å². The molecule has 1 fully saturated rings. The molecule has 7 nitrogen and oxygen atoms in total. The summed E-state index contributed by atoms with van der Waals surface area (Å²) in [6, 6.07) is 14.0. The minimum absolute atomic E-state index is 0.0765. The number of aromatic amines is 1. The molecule has 2 amide bonds. The van der Waals surface area contributed by atoms with Gasteiger partial charge in [0.2, 0.25) is 11.5 Å². The summed E-state index contributed by atoms with van der Waals surface area (Å²) in [4.78, 5) is 45.9. The maximum absolute atomic E-state index is 13.0. The number of nitrogens with one attached hydrogen (secondary N) is 2. The summed E-state index contributed by atoms with van der Waals surface area (Å²) in [5.74, 6) is 0.112. The van der Waals surface area contributed by atoms with Crippen molar-refractivity contribution >= 4 is 28.5 Å². The third kappa shape index (κ3) is 3.64. The molecular weight excluding hydrogens is 356 g/mol. The summed E-state index contributed by atoms with van der Waals surface area (Å²) in [5.41, 5.74) is 0.741. The molecule has 0 bridgehead atoms. The number of para-hydroxylation sites is 1. The molecule has 0 saturated carbocycles. The number of piperidine rings is 1. The monoisotopic (exact) mass is 376 g/mol. The third-order valence-corrected chi connectivity index (χ3v) is 5.05. The molecule has 142 valence electrons. The van der Waals surface area contributed by atoms with Crippen molar-refractivity contribution in [1.29, 1.82) is 0 Å². The smallest absolute Gasteiger partial charge is 0.254 e. The highest BCUT2D eigenvalue weighted by Crippen LogP contribution is 2.22. The number of carbonyl (C=O) groups is 2. The topological polar surface area (TPSA) is 95.2 Å². The van der Waals surface area contributed by atoms with Gasteiger partial charge in [-0.2, -0.15) is 0 Å². The Morgan fingerprint density at radius 1 is 1.07 bits per heavy atom. The van der Waals surface area contributed by atoms with Crippen molar-refractivity contribution in [2.75, 3.05) is 18.4 Å². The van der Waals surface area contributed by atoms with Crippen LogP contribution in [0, 0.1) is 5.92 Å². The van der Waals surface area contributed by atoms with Gasteiger partial charge in [0.05, 0.1) is 5.56 Å². The van der Waals surface area contributed by atoms with E-state index in [9.17, 15) is 14.4 Å². The normalized spacial score (nSPS) is 14.8. The molecule has 3 heterocycles. The number of carbonyl (C=O) groups excluding carboxylic acids is 2. The second kappa shape index (κ2) is 7.64. The number of hydrogen-bond acceptors (Lipinski definition) is 4. The van der Waals surface area contributed by atoms with Gasteiger partial charge >= 0.3 is 0 Å². The molecule has 7 heteroatoms. The first-order valence-corrected chi connectivity index (χ1v) is 9.25. The highest BCUT2D eigenvalue weighted by atomic mass is 16.2. The van der Waals surface area contributed by atoms with Crippen LogP contribution in [0.4, 0.5) is 5.82 Å². The molecule has 1 aromatic carbocycles. The first kappa shape index (κ1) is 17.9. The highest BCUT2D eigenvalue weighted by Gasteiger charge is 2.28. The van der Waals surface area contributed by atoms with E-state index in [0.29, 0.717) is 42.8 Å². The van der Waals surface area contributed by atoms with Crippen LogP contribution >= 0.6 is 0 Å². The van der Waals surface area contributed by atoms with Crippen molar-refractivity contribution < 1.29 is 9.59 Å². The molecule has 0 atom stereocenters. The number of fused-ring (bicyclic) bond motifs is 1. The summed E-state index contributed by atoms with van der Waals surface area (Å²) in [7, 11) is 0. The van der Waals surface area contributed by atoms with E-state index < -0.39 is 0 Å². The van der Waals surface area contributed by atoms with Gasteiger partial charge < -0.3 is 15.2 Å². The number of hydrogen-bond donors (Lipinski definition) is 2. The molecule has 28 heavy (non-hydrogen) atoms. The SMILES string of the molecule is O=C(Nc1ccccn1)C1CCN(C(=O)c2cc(=O)[nH]c3ccccc23)CC1. The van der Waals surface area contributed by atoms with Gasteiger partial charge in [0, 0.05) is 42.2 Å². The van der Waals surface area contributed by atoms with Crippen LogP contribution in [0.15, 0.2) is 59.5 Å². The van der Waals surface area contributed by atoms with E-state index in [1.54, 1.807) is 29.3 Å². The fourth-order valence-corrected chi connectivity index (χ4v) is 3.56. The number of pyridine rings is 2. The van der Waals surface area contributed by atoms with Crippen LogP contribution in [-0.4, -0.2) is 39.8 Å². The molecule has 0 aliphatic carbocycles. The van der Waals surface area contributed by atoms with Gasteiger partial charge in [-0.25, -0.2) is 4.98 Å². The number of likely N-dealkylation sites (tertiary alicyclic amines) is 1. The number of H-pyrrole nitrogens is 1. The maximum Gasteiger partial charge on any atom is 0.254 e. The summed E-state index contributed by atoms with van der Waals surface area (Å²) < 4.78 is 0. The number of rotatable bonds is 3. The second-order valence-electron chi connectivity index (χ2n) is 6.86. The summed E-state index contributed by atoms with van der Waals surface area (Å²) in [5, 5.41) is 3.54. The average molecular weight is 376 g/mol. The lowest BCUT2D eigenvalue weighted by Crippen LogP contribution is -2.41. The zero-order valence-electron chi connectivity index (χ0n) is 15.2. The Hall–Kier alpha value is -3.48. The Morgan fingerprint density at radius 2 is 1.82 bits per heavy atom. The quantitative estimate of drug-likeness (QED) is 0.734. The van der Waals surface area contributed by atoms with Crippen LogP contribution in [0.5, 0.6) is 0 Å². The standard InChI is InChI=1S/C21H20N4O3/c26-19-13-16(15-5-1-2-6-17(15)23-19)21(28)25-11-8-14(9-12-25)20(27)24-18-7-3-4-10-22-18/h1-7,10,13-14H,8-9,11-12H2,(H,23,26)(H,22,24,27). The lowest BCUT2D eigenvalue weighted by atomic mass is 9.95. The van der Waals surface area contributed by atoms with Crippen molar-refractivity contribution in [3.05, 3.63) is 70.6 Å². The second-order valence-corrected chi connectivity index (χ2v) is 6.86. The zero-order valence-corrected chi connectivity index (χ0v) is 15.2. The number of aromatic nitrogens is 2. The minimum Gasteiger partial charge on any atom is -0.339 e. The predicted molar refractivity (Wildman–Crippen MR) is 106 cm³/mol. The van der Waals surface area contributed by atoms with Crippen LogP contribution in [0.25, 0.3) is 10.9 Å². The molecule has 1 aliphatic rings. The van der Waals surface area contributed by atoms with Crippen LogP contribution in [0.1, 0.15) is 23.2 Å². The molecule has 1 saturated heterocycles. The van der Waals surface area contributed by atoms with Crippen molar-refractivity contribution in [3.8, 4) is 0 Å². The molecule has 3 aromatic rings. The Kier molecular flexibility index (Phi) is 4.89. The van der Waals surface area contributed by atoms with Gasteiger partial charge in [-0.15, -0.1) is 0 Å². The van der Waals surface area contributed by atoms with Crippen molar-refractivity contribution in [3.63, 3.8) is 0 Å². The Bertz CT molecular complexity index is 1070. The van der Waals surface area contributed by atoms with E-state index in [2.05, 4.69) is 15.3 Å². The molecule has 0 spiro atoms. The lowest BCUT2D eigenvalue weighted by molar-refractivity contribution is -0.121. The van der Waals surface area contributed by atoms with Gasteiger partial charge in [0.15, 0.2) is 0 Å². The third-order valence-electron chi connectivity index (χ3n) is 5.05. The molecule has 4 rings (SSSR count). The number of amides is 2. The van der Waals surface area contributed by atoms with Crippen molar-refractivity contribution in [1.82, 2.24) is 14.9 Å². The number of anilines is 1. The van der Waals surface area contributed by atoms with Gasteiger partial charge in [-0.05, 0) is 31.0 Å². The largest absolute Gasteiger partial charge is 0.339 e. The Balaban J connectivity index is 1.45. The molecule has 2 N–H and O–H groups in total. The number of benzene rings is 1. The molecular formula is C21H20N4O3. The fraction of sp³-hybridized carbons (Fsp3) is 0.238. The van der Waals surface area contributed by atoms with E-state index in [-0.39, 0.29) is 23.3 Å². The van der Waals surface area contributed by atoms with Crippen LogP contribution < -0.4 is 10.9 Å². The van der Waals surface area contributed by atoms with E-state index >= 15 is 0 Å². The van der Waals surface area contributed by atoms with Crippen molar-refractivity contribution in [2.45, 2.75) is 12.8 Å². The maximum atomic E-state index is 13.0. The van der Waals surface area contributed by atoms with Crippen molar-refractivity contribution in [2.24, 2.45) is 5.92 Å². The van der Waals surface area contributed by atoms with E-state index in [4.69, 9.17) is 0 Å². The van der Waals surface area contributed by atoms with Crippen LogP contribution in [-0.2, 0) is 4.79 Å². The average Bonchev–Trinajstić information content (AvgIpc) is 2.73. The number of nitrogens with zero attached hydrogens (tertiary/aromatic N) is 2. The first-order chi connectivity index (χ1) is 13.6. The molecule has 0 unspecified atom stereocenters. The van der Waals surface area contributed by atoms with Gasteiger partial charge in [-0.1, -0.05) is 24.3 Å². The summed E-state index contributed by atoms with van der Waals surface area (Å²) in [6.07, 6.45) is 2.78. The predicted octanol–water partition coefficient (Wildman–Crippen LogP) is 2.41. The molecule has 2 aromatic heterocycles. The Morgan fingerprint density at radius 3 is 2.57 bits per heavy atom. The van der Waals surface area contributed by atoms with Crippen LogP contribution in [0.3, 0.4) is 0 Å². The van der Waals surface area contributed by atoms with E-state index in [0.717, 1.165) is 5.39 Å².